The van der Waals surface area contributed by atoms with Crippen LogP contribution in [0.5, 0.6) is 5.75 Å². The Kier molecular flexibility index (Phi) is 5.56. The highest BCUT2D eigenvalue weighted by Crippen LogP contribution is 2.18. The number of imidazole rings is 1. The Morgan fingerprint density at radius 3 is 2.69 bits per heavy atom. The Labute approximate surface area is 154 Å². The average molecular weight is 351 g/mol. The van der Waals surface area contributed by atoms with Crippen LogP contribution < -0.4 is 10.1 Å². The highest BCUT2D eigenvalue weighted by atomic mass is 16.5. The van der Waals surface area contributed by atoms with Gasteiger partial charge in [0.25, 0.3) is 0 Å². The van der Waals surface area contributed by atoms with Crippen LogP contribution in [-0.4, -0.2) is 21.9 Å². The molecule has 0 aliphatic carbocycles. The number of hydrogen-bond donors (Lipinski definition) is 1. The Morgan fingerprint density at radius 2 is 2.00 bits per heavy atom. The molecule has 0 aliphatic rings. The number of ether oxygens (including phenoxy) is 1. The average Bonchev–Trinajstić information content (AvgIpc) is 3.05. The van der Waals surface area contributed by atoms with E-state index in [1.807, 2.05) is 48.0 Å². The number of nitrogens with zero attached hydrogens (tertiary/aromatic N) is 2. The van der Waals surface area contributed by atoms with E-state index in [9.17, 15) is 4.79 Å². The van der Waals surface area contributed by atoms with Crippen LogP contribution in [0.1, 0.15) is 43.0 Å². The van der Waals surface area contributed by atoms with Gasteiger partial charge in [-0.2, -0.15) is 0 Å². The topological polar surface area (TPSA) is 55.6 Å². The number of benzene rings is 1. The summed E-state index contributed by atoms with van der Waals surface area (Å²) in [6.45, 7) is 7.12. The SMILES string of the molecule is Cc1cccn2cc(CNC(=O)CCOc3ccc(C(C)C)cc3)nc12. The van der Waals surface area contributed by atoms with Crippen molar-refractivity contribution in [1.29, 1.82) is 0 Å². The molecule has 3 aromatic rings. The number of fused-ring (bicyclic) bond motifs is 1. The number of hydrogen-bond acceptors (Lipinski definition) is 3. The van der Waals surface area contributed by atoms with Crippen LogP contribution in [0.2, 0.25) is 0 Å². The van der Waals surface area contributed by atoms with Crippen molar-refractivity contribution in [3.05, 3.63) is 65.6 Å². The van der Waals surface area contributed by atoms with Gasteiger partial charge in [0, 0.05) is 12.4 Å². The summed E-state index contributed by atoms with van der Waals surface area (Å²) in [6.07, 6.45) is 4.22. The molecule has 3 rings (SSSR count). The number of amides is 1. The van der Waals surface area contributed by atoms with Gasteiger partial charge in [0.2, 0.25) is 5.91 Å². The maximum Gasteiger partial charge on any atom is 0.223 e. The van der Waals surface area contributed by atoms with Gasteiger partial charge in [0.05, 0.1) is 25.3 Å². The molecule has 1 amide bonds. The third-order valence-corrected chi connectivity index (χ3v) is 4.34. The molecular weight excluding hydrogens is 326 g/mol. The van der Waals surface area contributed by atoms with E-state index in [0.717, 1.165) is 22.7 Å². The summed E-state index contributed by atoms with van der Waals surface area (Å²) in [5.41, 5.74) is 4.16. The van der Waals surface area contributed by atoms with Gasteiger partial charge in [-0.3, -0.25) is 4.79 Å². The van der Waals surface area contributed by atoms with Gasteiger partial charge in [0.15, 0.2) is 0 Å². The molecule has 2 aromatic heterocycles. The molecule has 26 heavy (non-hydrogen) atoms. The molecule has 1 aromatic carbocycles. The lowest BCUT2D eigenvalue weighted by Gasteiger charge is -2.09. The fourth-order valence-corrected chi connectivity index (χ4v) is 2.78. The quantitative estimate of drug-likeness (QED) is 0.703. The lowest BCUT2D eigenvalue weighted by atomic mass is 10.0. The van der Waals surface area contributed by atoms with Crippen LogP contribution in [-0.2, 0) is 11.3 Å². The fourth-order valence-electron chi connectivity index (χ4n) is 2.78. The van der Waals surface area contributed by atoms with Crippen LogP contribution in [0, 0.1) is 6.92 Å². The van der Waals surface area contributed by atoms with Gasteiger partial charge < -0.3 is 14.5 Å². The van der Waals surface area contributed by atoms with E-state index in [0.29, 0.717) is 25.5 Å². The molecule has 0 unspecified atom stereocenters. The molecule has 5 heteroatoms. The summed E-state index contributed by atoms with van der Waals surface area (Å²) in [5.74, 6) is 1.24. The number of nitrogens with one attached hydrogen (secondary N) is 1. The van der Waals surface area contributed by atoms with Crippen molar-refractivity contribution < 1.29 is 9.53 Å². The largest absolute Gasteiger partial charge is 0.493 e. The molecule has 1 N–H and O–H groups in total. The molecule has 5 nitrogen and oxygen atoms in total. The van der Waals surface area contributed by atoms with Crippen molar-refractivity contribution in [1.82, 2.24) is 14.7 Å². The molecular formula is C21H25N3O2. The Balaban J connectivity index is 1.44. The zero-order valence-electron chi connectivity index (χ0n) is 15.5. The van der Waals surface area contributed by atoms with Crippen LogP contribution in [0.4, 0.5) is 0 Å². The number of rotatable bonds is 7. The zero-order valence-corrected chi connectivity index (χ0v) is 15.5. The summed E-state index contributed by atoms with van der Waals surface area (Å²) in [6, 6.07) is 12.0. The third kappa shape index (κ3) is 4.42. The maximum atomic E-state index is 12.0. The van der Waals surface area contributed by atoms with Gasteiger partial charge in [-0.1, -0.05) is 32.0 Å². The third-order valence-electron chi connectivity index (χ3n) is 4.34. The minimum absolute atomic E-state index is 0.0439. The predicted octanol–water partition coefficient (Wildman–Crippen LogP) is 3.85. The number of pyridine rings is 1. The highest BCUT2D eigenvalue weighted by Gasteiger charge is 2.07. The van der Waals surface area contributed by atoms with Crippen molar-refractivity contribution in [3.63, 3.8) is 0 Å². The zero-order chi connectivity index (χ0) is 18.5. The van der Waals surface area contributed by atoms with Crippen molar-refractivity contribution in [3.8, 4) is 5.75 Å². The first-order chi connectivity index (χ1) is 12.5. The Bertz CT molecular complexity index is 882. The van der Waals surface area contributed by atoms with Crippen LogP contribution in [0.3, 0.4) is 0 Å². The monoisotopic (exact) mass is 351 g/mol. The first-order valence-electron chi connectivity index (χ1n) is 8.95. The Morgan fingerprint density at radius 1 is 1.23 bits per heavy atom. The minimum atomic E-state index is -0.0439. The summed E-state index contributed by atoms with van der Waals surface area (Å²) in [7, 11) is 0. The number of carbonyl (C=O) groups is 1. The molecule has 0 fully saturated rings. The highest BCUT2D eigenvalue weighted by molar-refractivity contribution is 5.76. The predicted molar refractivity (Wildman–Crippen MR) is 102 cm³/mol. The van der Waals surface area contributed by atoms with E-state index in [1.54, 1.807) is 0 Å². The first kappa shape index (κ1) is 18.0. The van der Waals surface area contributed by atoms with E-state index in [-0.39, 0.29) is 5.91 Å². The lowest BCUT2D eigenvalue weighted by molar-refractivity contribution is -0.121. The normalized spacial score (nSPS) is 11.1. The van der Waals surface area contributed by atoms with Gasteiger partial charge in [-0.15, -0.1) is 0 Å². The fraction of sp³-hybridized carbons (Fsp3) is 0.333. The summed E-state index contributed by atoms with van der Waals surface area (Å²) in [4.78, 5) is 16.6. The Hall–Kier alpha value is -2.82. The molecule has 0 aliphatic heterocycles. The van der Waals surface area contributed by atoms with Gasteiger partial charge in [-0.25, -0.2) is 4.98 Å². The van der Waals surface area contributed by atoms with E-state index >= 15 is 0 Å². The molecule has 0 saturated carbocycles. The maximum absolute atomic E-state index is 12.0. The van der Waals surface area contributed by atoms with Gasteiger partial charge in [-0.05, 0) is 42.2 Å². The number of carbonyl (C=O) groups excluding carboxylic acids is 1. The summed E-state index contributed by atoms with van der Waals surface area (Å²) in [5, 5.41) is 2.89. The number of aromatic nitrogens is 2. The second-order valence-corrected chi connectivity index (χ2v) is 6.75. The standard InChI is InChI=1S/C21H25N3O2/c1-15(2)17-6-8-19(9-7-17)26-12-10-20(25)22-13-18-14-24-11-4-5-16(3)21(24)23-18/h4-9,11,14-15H,10,12-13H2,1-3H3,(H,22,25). The van der Waals surface area contributed by atoms with Crippen molar-refractivity contribution in [2.24, 2.45) is 0 Å². The molecule has 0 saturated heterocycles. The molecule has 0 atom stereocenters. The first-order valence-corrected chi connectivity index (χ1v) is 8.95. The van der Waals surface area contributed by atoms with E-state index < -0.39 is 0 Å². The second kappa shape index (κ2) is 8.04. The number of aryl methyl sites for hydroxylation is 1. The van der Waals surface area contributed by atoms with E-state index in [2.05, 4.69) is 36.3 Å². The minimum Gasteiger partial charge on any atom is -0.493 e. The van der Waals surface area contributed by atoms with Crippen LogP contribution in [0.15, 0.2) is 48.8 Å². The summed E-state index contributed by atoms with van der Waals surface area (Å²) >= 11 is 0. The van der Waals surface area contributed by atoms with Gasteiger partial charge in [0.1, 0.15) is 11.4 Å². The molecule has 0 radical (unpaired) electrons. The summed E-state index contributed by atoms with van der Waals surface area (Å²) < 4.78 is 7.62. The van der Waals surface area contributed by atoms with Crippen molar-refractivity contribution in [2.75, 3.05) is 6.61 Å². The second-order valence-electron chi connectivity index (χ2n) is 6.75. The molecule has 2 heterocycles. The van der Waals surface area contributed by atoms with Gasteiger partial charge >= 0.3 is 0 Å². The van der Waals surface area contributed by atoms with Crippen LogP contribution >= 0.6 is 0 Å². The van der Waals surface area contributed by atoms with E-state index in [4.69, 9.17) is 4.74 Å². The lowest BCUT2D eigenvalue weighted by Crippen LogP contribution is -2.24. The van der Waals surface area contributed by atoms with Crippen molar-refractivity contribution in [2.45, 2.75) is 39.7 Å². The molecule has 0 bridgehead atoms. The van der Waals surface area contributed by atoms with E-state index in [1.165, 1.54) is 5.56 Å². The molecule has 136 valence electrons. The smallest absolute Gasteiger partial charge is 0.223 e. The molecule has 0 spiro atoms. The van der Waals surface area contributed by atoms with Crippen molar-refractivity contribution >= 4 is 11.6 Å². The van der Waals surface area contributed by atoms with Crippen LogP contribution in [0.25, 0.3) is 5.65 Å².